The van der Waals surface area contributed by atoms with Gasteiger partial charge in [-0.05, 0) is 55.4 Å². The Morgan fingerprint density at radius 3 is 2.62 bits per heavy atom. The van der Waals surface area contributed by atoms with Crippen molar-refractivity contribution in [3.8, 4) is 0 Å². The average molecular weight is 433 g/mol. The largest absolute Gasteiger partial charge is 0.316 e. The van der Waals surface area contributed by atoms with Crippen molar-refractivity contribution in [2.45, 2.75) is 17.4 Å². The summed E-state index contributed by atoms with van der Waals surface area (Å²) in [5.41, 5.74) is 0.735. The molecule has 1 unspecified atom stereocenters. The molecule has 0 saturated heterocycles. The number of benzene rings is 2. The van der Waals surface area contributed by atoms with Gasteiger partial charge >= 0.3 is 0 Å². The van der Waals surface area contributed by atoms with Gasteiger partial charge in [0.2, 0.25) is 0 Å². The molecule has 0 aliphatic rings. The van der Waals surface area contributed by atoms with Gasteiger partial charge in [-0.1, -0.05) is 37.9 Å². The van der Waals surface area contributed by atoms with E-state index in [-0.39, 0.29) is 11.9 Å². The van der Waals surface area contributed by atoms with E-state index in [1.165, 1.54) is 11.0 Å². The van der Waals surface area contributed by atoms with E-state index in [9.17, 15) is 4.39 Å². The molecule has 1 atom stereocenters. The van der Waals surface area contributed by atoms with Gasteiger partial charge in [0.15, 0.2) is 0 Å². The molecule has 0 bridgehead atoms. The van der Waals surface area contributed by atoms with Crippen LogP contribution in [0, 0.1) is 5.82 Å². The smallest absolute Gasteiger partial charge is 0.126 e. The van der Waals surface area contributed by atoms with Gasteiger partial charge in [-0.3, -0.25) is 0 Å². The number of likely N-dealkylation sites (N-methyl/N-ethyl adjacent to an activating group) is 1. The number of halogens is 3. The summed E-state index contributed by atoms with van der Waals surface area (Å²) < 4.78 is 15.8. The number of nitrogens with one attached hydrogen (secondary N) is 1. The molecule has 1 N–H and O–H groups in total. The highest BCUT2D eigenvalue weighted by Gasteiger charge is 2.12. The molecule has 0 spiro atoms. The summed E-state index contributed by atoms with van der Waals surface area (Å²) in [7, 11) is 1.92. The lowest BCUT2D eigenvalue weighted by molar-refractivity contribution is 0.568. The second kappa shape index (κ2) is 8.32. The minimum Gasteiger partial charge on any atom is -0.316 e. The summed E-state index contributed by atoms with van der Waals surface area (Å²) in [5.74, 6) is 0.740. The van der Waals surface area contributed by atoms with Gasteiger partial charge in [0.25, 0.3) is 0 Å². The first-order valence-corrected chi connectivity index (χ1v) is 9.15. The molecule has 21 heavy (non-hydrogen) atoms. The van der Waals surface area contributed by atoms with Crippen LogP contribution in [0.25, 0.3) is 0 Å². The van der Waals surface area contributed by atoms with Crippen LogP contribution in [0.1, 0.15) is 5.56 Å². The van der Waals surface area contributed by atoms with Gasteiger partial charge < -0.3 is 5.32 Å². The van der Waals surface area contributed by atoms with Gasteiger partial charge in [-0.25, -0.2) is 4.39 Å². The maximum atomic E-state index is 13.8. The molecular weight excluding hydrogens is 417 g/mol. The molecule has 0 aliphatic heterocycles. The lowest BCUT2D eigenvalue weighted by Crippen LogP contribution is -2.30. The Balaban J connectivity index is 1.98. The third kappa shape index (κ3) is 5.40. The van der Waals surface area contributed by atoms with Crippen molar-refractivity contribution in [3.05, 3.63) is 62.8 Å². The third-order valence-electron chi connectivity index (χ3n) is 3.13. The summed E-state index contributed by atoms with van der Waals surface area (Å²) in [6.45, 7) is 0. The van der Waals surface area contributed by atoms with Gasteiger partial charge in [-0.2, -0.15) is 0 Å². The second-order valence-electron chi connectivity index (χ2n) is 4.69. The quantitative estimate of drug-likeness (QED) is 0.623. The first kappa shape index (κ1) is 17.0. The van der Waals surface area contributed by atoms with E-state index < -0.39 is 0 Å². The van der Waals surface area contributed by atoms with Crippen molar-refractivity contribution >= 4 is 43.6 Å². The first-order chi connectivity index (χ1) is 10.1. The maximum absolute atomic E-state index is 13.8. The summed E-state index contributed by atoms with van der Waals surface area (Å²) in [5, 5.41) is 3.27. The van der Waals surface area contributed by atoms with Gasteiger partial charge in [-0.15, -0.1) is 11.8 Å². The Morgan fingerprint density at radius 1 is 1.14 bits per heavy atom. The van der Waals surface area contributed by atoms with E-state index in [1.54, 1.807) is 17.8 Å². The molecule has 0 radical (unpaired) electrons. The predicted octanol–water partition coefficient (Wildman–Crippen LogP) is 5.27. The molecule has 0 amide bonds. The Labute approximate surface area is 146 Å². The number of hydrogen-bond donors (Lipinski definition) is 1. The Morgan fingerprint density at radius 2 is 1.90 bits per heavy atom. The zero-order chi connectivity index (χ0) is 15.2. The van der Waals surface area contributed by atoms with Crippen LogP contribution in [0.3, 0.4) is 0 Å². The van der Waals surface area contributed by atoms with Gasteiger partial charge in [0.1, 0.15) is 5.82 Å². The molecule has 1 nitrogen and oxygen atoms in total. The minimum atomic E-state index is -0.147. The van der Waals surface area contributed by atoms with Crippen LogP contribution in [0.5, 0.6) is 0 Å². The molecule has 0 fully saturated rings. The molecule has 2 aromatic carbocycles. The summed E-state index contributed by atoms with van der Waals surface area (Å²) >= 11 is 8.64. The minimum absolute atomic E-state index is 0.147. The lowest BCUT2D eigenvalue weighted by atomic mass is 10.1. The first-order valence-electron chi connectivity index (χ1n) is 6.58. The molecule has 0 aromatic heterocycles. The molecule has 0 aliphatic carbocycles. The van der Waals surface area contributed by atoms with Gasteiger partial charge in [0, 0.05) is 25.6 Å². The number of thioether (sulfide) groups is 1. The topological polar surface area (TPSA) is 12.0 Å². The van der Waals surface area contributed by atoms with Crippen molar-refractivity contribution in [2.75, 3.05) is 12.8 Å². The van der Waals surface area contributed by atoms with Crippen LogP contribution in [0.15, 0.2) is 56.3 Å². The Bertz CT molecular complexity index is 607. The van der Waals surface area contributed by atoms with Gasteiger partial charge in [0.05, 0.1) is 0 Å². The maximum Gasteiger partial charge on any atom is 0.126 e. The highest BCUT2D eigenvalue weighted by atomic mass is 79.9. The zero-order valence-electron chi connectivity index (χ0n) is 11.6. The summed E-state index contributed by atoms with van der Waals surface area (Å²) in [4.78, 5) is 1.21. The van der Waals surface area contributed by atoms with Crippen molar-refractivity contribution in [1.29, 1.82) is 0 Å². The third-order valence-corrected chi connectivity index (χ3v) is 5.27. The SMILES string of the molecule is CNC(CSc1cccc(Br)c1)Cc1cc(Br)ccc1F. The van der Waals surface area contributed by atoms with Crippen LogP contribution in [-0.4, -0.2) is 18.8 Å². The predicted molar refractivity (Wildman–Crippen MR) is 95.5 cm³/mol. The molecule has 112 valence electrons. The van der Waals surface area contributed by atoms with Crippen molar-refractivity contribution in [1.82, 2.24) is 5.32 Å². The van der Waals surface area contributed by atoms with Crippen LogP contribution >= 0.6 is 43.6 Å². The van der Waals surface area contributed by atoms with Crippen LogP contribution in [-0.2, 0) is 6.42 Å². The standard InChI is InChI=1S/C16H16Br2FNS/c1-20-14(8-11-7-13(18)5-6-16(11)19)10-21-15-4-2-3-12(17)9-15/h2-7,9,14,20H,8,10H2,1H3. The van der Waals surface area contributed by atoms with E-state index in [2.05, 4.69) is 49.3 Å². The van der Waals surface area contributed by atoms with E-state index >= 15 is 0 Å². The molecule has 5 heteroatoms. The molecular formula is C16H16Br2FNS. The lowest BCUT2D eigenvalue weighted by Gasteiger charge is -2.16. The summed E-state index contributed by atoms with van der Waals surface area (Å²) in [6.07, 6.45) is 0.669. The monoisotopic (exact) mass is 431 g/mol. The zero-order valence-corrected chi connectivity index (χ0v) is 15.6. The fourth-order valence-electron chi connectivity index (χ4n) is 1.96. The van der Waals surface area contributed by atoms with Crippen LogP contribution < -0.4 is 5.32 Å². The normalized spacial score (nSPS) is 12.4. The van der Waals surface area contributed by atoms with E-state index in [1.807, 2.05) is 25.2 Å². The Kier molecular flexibility index (Phi) is 6.74. The molecule has 0 heterocycles. The van der Waals surface area contributed by atoms with E-state index in [0.717, 1.165) is 20.3 Å². The van der Waals surface area contributed by atoms with Crippen LogP contribution in [0.2, 0.25) is 0 Å². The van der Waals surface area contributed by atoms with Crippen molar-refractivity contribution in [3.63, 3.8) is 0 Å². The van der Waals surface area contributed by atoms with Crippen LogP contribution in [0.4, 0.5) is 4.39 Å². The highest BCUT2D eigenvalue weighted by Crippen LogP contribution is 2.24. The summed E-state index contributed by atoms with van der Waals surface area (Å²) in [6, 6.07) is 13.5. The molecule has 0 saturated carbocycles. The fourth-order valence-corrected chi connectivity index (χ4v) is 3.99. The highest BCUT2D eigenvalue weighted by molar-refractivity contribution is 9.10. The number of hydrogen-bond acceptors (Lipinski definition) is 2. The molecule has 2 rings (SSSR count). The Hall–Kier alpha value is -0.360. The average Bonchev–Trinajstić information content (AvgIpc) is 2.47. The van der Waals surface area contributed by atoms with Crippen molar-refractivity contribution < 1.29 is 4.39 Å². The molecule has 2 aromatic rings. The second-order valence-corrected chi connectivity index (χ2v) is 7.62. The number of rotatable bonds is 6. The van der Waals surface area contributed by atoms with E-state index in [0.29, 0.717) is 6.42 Å². The van der Waals surface area contributed by atoms with E-state index in [4.69, 9.17) is 0 Å². The van der Waals surface area contributed by atoms with Crippen molar-refractivity contribution in [2.24, 2.45) is 0 Å². The fraction of sp³-hybridized carbons (Fsp3) is 0.250.